The van der Waals surface area contributed by atoms with E-state index in [0.29, 0.717) is 0 Å². The SMILES string of the molecule is C=Cc1ccc(C)cc1C.C=Cc1ccccc1. The first-order valence-corrected chi connectivity index (χ1v) is 6.04. The quantitative estimate of drug-likeness (QED) is 0.665. The molecule has 0 atom stereocenters. The molecule has 0 heteroatoms. The molecule has 0 amide bonds. The van der Waals surface area contributed by atoms with E-state index in [0.717, 1.165) is 0 Å². The van der Waals surface area contributed by atoms with Crippen molar-refractivity contribution in [3.05, 3.63) is 83.9 Å². The molecule has 0 aliphatic rings. The van der Waals surface area contributed by atoms with Gasteiger partial charge in [0, 0.05) is 0 Å². The summed E-state index contributed by atoms with van der Waals surface area (Å²) < 4.78 is 0. The van der Waals surface area contributed by atoms with Gasteiger partial charge in [0.1, 0.15) is 0 Å². The van der Waals surface area contributed by atoms with Gasteiger partial charge in [-0.1, -0.05) is 79.4 Å². The van der Waals surface area contributed by atoms with E-state index in [9.17, 15) is 0 Å². The molecule has 0 bridgehead atoms. The van der Waals surface area contributed by atoms with Gasteiger partial charge in [0.05, 0.1) is 0 Å². The first-order chi connectivity index (χ1) is 8.67. The molecule has 92 valence electrons. The third kappa shape index (κ3) is 4.42. The average molecular weight is 236 g/mol. The van der Waals surface area contributed by atoms with Gasteiger partial charge in [-0.05, 0) is 30.5 Å². The van der Waals surface area contributed by atoms with Gasteiger partial charge in [-0.15, -0.1) is 0 Å². The summed E-state index contributed by atoms with van der Waals surface area (Å²) in [6.07, 6.45) is 3.72. The molecule has 0 aliphatic carbocycles. The van der Waals surface area contributed by atoms with Crippen molar-refractivity contribution in [2.45, 2.75) is 13.8 Å². The molecule has 2 rings (SSSR count). The van der Waals surface area contributed by atoms with Crippen LogP contribution in [-0.2, 0) is 0 Å². The lowest BCUT2D eigenvalue weighted by Crippen LogP contribution is -1.80. The predicted molar refractivity (Wildman–Crippen MR) is 82.5 cm³/mol. The molecular weight excluding hydrogens is 216 g/mol. The van der Waals surface area contributed by atoms with Crippen LogP contribution in [0, 0.1) is 13.8 Å². The van der Waals surface area contributed by atoms with Gasteiger partial charge < -0.3 is 0 Å². The van der Waals surface area contributed by atoms with Gasteiger partial charge in [0.15, 0.2) is 0 Å². The van der Waals surface area contributed by atoms with E-state index in [1.807, 2.05) is 42.5 Å². The van der Waals surface area contributed by atoms with Crippen LogP contribution >= 0.6 is 0 Å². The molecule has 0 saturated carbocycles. The van der Waals surface area contributed by atoms with Crippen molar-refractivity contribution in [2.75, 3.05) is 0 Å². The van der Waals surface area contributed by atoms with Crippen LogP contribution in [0.3, 0.4) is 0 Å². The van der Waals surface area contributed by atoms with Crippen molar-refractivity contribution in [3.63, 3.8) is 0 Å². The van der Waals surface area contributed by atoms with Crippen LogP contribution in [0.5, 0.6) is 0 Å². The molecule has 0 radical (unpaired) electrons. The predicted octanol–water partition coefficient (Wildman–Crippen LogP) is 5.28. The topological polar surface area (TPSA) is 0 Å². The summed E-state index contributed by atoms with van der Waals surface area (Å²) in [5.41, 5.74) is 5.01. The number of aryl methyl sites for hydroxylation is 2. The van der Waals surface area contributed by atoms with Crippen LogP contribution in [0.15, 0.2) is 61.7 Å². The molecule has 18 heavy (non-hydrogen) atoms. The van der Waals surface area contributed by atoms with E-state index in [2.05, 4.69) is 45.2 Å². The monoisotopic (exact) mass is 236 g/mol. The molecule has 0 fully saturated rings. The fraction of sp³-hybridized carbons (Fsp3) is 0.111. The molecule has 2 aromatic rings. The fourth-order valence-electron chi connectivity index (χ4n) is 1.64. The normalized spacial score (nSPS) is 9.00. The van der Waals surface area contributed by atoms with E-state index in [-0.39, 0.29) is 0 Å². The van der Waals surface area contributed by atoms with Crippen molar-refractivity contribution in [1.29, 1.82) is 0 Å². The molecule has 0 unspecified atom stereocenters. The van der Waals surface area contributed by atoms with Gasteiger partial charge in [0.25, 0.3) is 0 Å². The van der Waals surface area contributed by atoms with E-state index in [1.165, 1.54) is 22.3 Å². The summed E-state index contributed by atoms with van der Waals surface area (Å²) in [7, 11) is 0. The zero-order chi connectivity index (χ0) is 13.4. The third-order valence-electron chi connectivity index (χ3n) is 2.68. The zero-order valence-corrected chi connectivity index (χ0v) is 11.2. The van der Waals surface area contributed by atoms with Crippen LogP contribution in [-0.4, -0.2) is 0 Å². The molecule has 0 saturated heterocycles. The summed E-state index contributed by atoms with van der Waals surface area (Å²) in [5.74, 6) is 0. The summed E-state index contributed by atoms with van der Waals surface area (Å²) >= 11 is 0. The highest BCUT2D eigenvalue weighted by Crippen LogP contribution is 2.10. The van der Waals surface area contributed by atoms with Crippen LogP contribution in [0.1, 0.15) is 22.3 Å². The van der Waals surface area contributed by atoms with Gasteiger partial charge in [-0.25, -0.2) is 0 Å². The Hall–Kier alpha value is -2.08. The maximum absolute atomic E-state index is 3.72. The smallest absolute Gasteiger partial charge is 0.0233 e. The summed E-state index contributed by atoms with van der Waals surface area (Å²) in [6.45, 7) is 11.6. The standard InChI is InChI=1S/C10H12.C8H8/c1-4-10-6-5-8(2)7-9(10)3;1-2-8-6-4-3-5-7-8/h4-7H,1H2,2-3H3;2-7H,1H2. The number of benzene rings is 2. The van der Waals surface area contributed by atoms with Gasteiger partial charge in [-0.2, -0.15) is 0 Å². The molecule has 0 aromatic heterocycles. The summed E-state index contributed by atoms with van der Waals surface area (Å²) in [5, 5.41) is 0. The Labute approximate surface area is 110 Å². The van der Waals surface area contributed by atoms with E-state index in [4.69, 9.17) is 0 Å². The Morgan fingerprint density at radius 3 is 1.94 bits per heavy atom. The minimum Gasteiger partial charge on any atom is -0.0985 e. The maximum atomic E-state index is 3.72. The summed E-state index contributed by atoms with van der Waals surface area (Å²) in [4.78, 5) is 0. The van der Waals surface area contributed by atoms with Gasteiger partial charge >= 0.3 is 0 Å². The van der Waals surface area contributed by atoms with Crippen molar-refractivity contribution < 1.29 is 0 Å². The second-order valence-electron chi connectivity index (χ2n) is 4.18. The van der Waals surface area contributed by atoms with Crippen molar-refractivity contribution in [3.8, 4) is 0 Å². The number of hydrogen-bond donors (Lipinski definition) is 0. The number of hydrogen-bond acceptors (Lipinski definition) is 0. The summed E-state index contributed by atoms with van der Waals surface area (Å²) in [6, 6.07) is 16.4. The molecular formula is C18H20. The Morgan fingerprint density at radius 2 is 1.50 bits per heavy atom. The second kappa shape index (κ2) is 7.29. The highest BCUT2D eigenvalue weighted by molar-refractivity contribution is 5.52. The highest BCUT2D eigenvalue weighted by atomic mass is 14.0. The van der Waals surface area contributed by atoms with Gasteiger partial charge in [0.2, 0.25) is 0 Å². The number of rotatable bonds is 2. The Morgan fingerprint density at radius 1 is 0.833 bits per heavy atom. The zero-order valence-electron chi connectivity index (χ0n) is 11.2. The lowest BCUT2D eigenvalue weighted by Gasteiger charge is -1.99. The van der Waals surface area contributed by atoms with Gasteiger partial charge in [-0.3, -0.25) is 0 Å². The Bertz CT molecular complexity index is 507. The molecule has 0 aliphatic heterocycles. The molecule has 0 nitrogen and oxygen atoms in total. The van der Waals surface area contributed by atoms with Crippen LogP contribution in [0.25, 0.3) is 12.2 Å². The minimum absolute atomic E-state index is 1.17. The van der Waals surface area contributed by atoms with Crippen molar-refractivity contribution >= 4 is 12.2 Å². The van der Waals surface area contributed by atoms with E-state index >= 15 is 0 Å². The van der Waals surface area contributed by atoms with Crippen LogP contribution < -0.4 is 0 Å². The molecule has 0 heterocycles. The average Bonchev–Trinajstić information content (AvgIpc) is 2.40. The molecule has 0 N–H and O–H groups in total. The second-order valence-corrected chi connectivity index (χ2v) is 4.18. The van der Waals surface area contributed by atoms with E-state index < -0.39 is 0 Å². The first kappa shape index (κ1) is 14.0. The van der Waals surface area contributed by atoms with E-state index in [1.54, 1.807) is 0 Å². The van der Waals surface area contributed by atoms with Crippen molar-refractivity contribution in [1.82, 2.24) is 0 Å². The minimum atomic E-state index is 1.17. The largest absolute Gasteiger partial charge is 0.0985 e. The fourth-order valence-corrected chi connectivity index (χ4v) is 1.64. The van der Waals surface area contributed by atoms with Crippen LogP contribution in [0.4, 0.5) is 0 Å². The maximum Gasteiger partial charge on any atom is -0.0233 e. The lowest BCUT2D eigenvalue weighted by molar-refractivity contribution is 1.37. The molecule has 2 aromatic carbocycles. The van der Waals surface area contributed by atoms with Crippen molar-refractivity contribution in [2.24, 2.45) is 0 Å². The Balaban J connectivity index is 0.000000184. The third-order valence-corrected chi connectivity index (χ3v) is 2.68. The van der Waals surface area contributed by atoms with Crippen LogP contribution in [0.2, 0.25) is 0 Å². The molecule has 0 spiro atoms. The lowest BCUT2D eigenvalue weighted by atomic mass is 10.1. The first-order valence-electron chi connectivity index (χ1n) is 6.04. The highest BCUT2D eigenvalue weighted by Gasteiger charge is 1.91. The Kier molecular flexibility index (Phi) is 5.66.